The summed E-state index contributed by atoms with van der Waals surface area (Å²) in [5, 5.41) is 0. The van der Waals surface area contributed by atoms with E-state index in [-0.39, 0.29) is 0 Å². The summed E-state index contributed by atoms with van der Waals surface area (Å²) in [5.41, 5.74) is 4.35. The van der Waals surface area contributed by atoms with Crippen LogP contribution >= 0.6 is 0 Å². The van der Waals surface area contributed by atoms with Gasteiger partial charge < -0.3 is 0 Å². The summed E-state index contributed by atoms with van der Waals surface area (Å²) in [6.07, 6.45) is 19.6. The van der Waals surface area contributed by atoms with E-state index in [0.29, 0.717) is 5.92 Å². The summed E-state index contributed by atoms with van der Waals surface area (Å²) in [6.45, 7) is 9.49. The van der Waals surface area contributed by atoms with Crippen molar-refractivity contribution in [1.29, 1.82) is 0 Å². The Morgan fingerprint density at radius 2 is 1.46 bits per heavy atom. The van der Waals surface area contributed by atoms with Gasteiger partial charge in [-0.15, -0.1) is 0 Å². The molecule has 0 spiro atoms. The SMILES string of the molecule is CC/C=C(\C=C/C(C)C1CCC(C)CC1)c1ccc(C2CCC(C)CC2)cc1. The largest absolute Gasteiger partial charge is 0.0808 e. The van der Waals surface area contributed by atoms with Gasteiger partial charge in [-0.3, -0.25) is 0 Å². The molecule has 154 valence electrons. The average molecular weight is 379 g/mol. The van der Waals surface area contributed by atoms with Crippen LogP contribution in [0.25, 0.3) is 5.57 Å². The first-order valence-corrected chi connectivity index (χ1v) is 12.1. The van der Waals surface area contributed by atoms with Crippen LogP contribution in [0.15, 0.2) is 42.5 Å². The third-order valence-corrected chi connectivity index (χ3v) is 7.54. The predicted molar refractivity (Wildman–Crippen MR) is 125 cm³/mol. The fourth-order valence-electron chi connectivity index (χ4n) is 5.27. The monoisotopic (exact) mass is 378 g/mol. The van der Waals surface area contributed by atoms with Crippen molar-refractivity contribution in [3.05, 3.63) is 53.6 Å². The molecule has 0 bridgehead atoms. The second kappa shape index (κ2) is 10.5. The van der Waals surface area contributed by atoms with Gasteiger partial charge in [0.1, 0.15) is 0 Å². The second-order valence-electron chi connectivity index (χ2n) is 9.88. The first kappa shape index (κ1) is 21.4. The van der Waals surface area contributed by atoms with Crippen LogP contribution < -0.4 is 0 Å². The molecule has 1 unspecified atom stereocenters. The van der Waals surface area contributed by atoms with E-state index in [4.69, 9.17) is 0 Å². The highest BCUT2D eigenvalue weighted by Gasteiger charge is 2.22. The van der Waals surface area contributed by atoms with Crippen molar-refractivity contribution in [2.24, 2.45) is 23.7 Å². The second-order valence-corrected chi connectivity index (χ2v) is 9.88. The molecule has 0 heterocycles. The third kappa shape index (κ3) is 5.85. The lowest BCUT2D eigenvalue weighted by atomic mass is 9.77. The zero-order chi connectivity index (χ0) is 19.9. The lowest BCUT2D eigenvalue weighted by molar-refractivity contribution is 0.249. The van der Waals surface area contributed by atoms with E-state index in [1.165, 1.54) is 62.5 Å². The standard InChI is InChI=1S/C28H42/c1-5-6-25(16-11-23(4)24-12-7-21(2)8-13-24)27-17-19-28(20-18-27)26-14-9-22(3)10-15-26/h6,11,16-24,26H,5,7-10,12-15H2,1-4H3/b16-11-,25-6+. The van der Waals surface area contributed by atoms with Gasteiger partial charge in [-0.2, -0.15) is 0 Å². The van der Waals surface area contributed by atoms with Gasteiger partial charge in [0, 0.05) is 0 Å². The third-order valence-electron chi connectivity index (χ3n) is 7.54. The molecular formula is C28H42. The Balaban J connectivity index is 1.64. The maximum Gasteiger partial charge on any atom is -0.0162 e. The minimum Gasteiger partial charge on any atom is -0.0808 e. The molecule has 28 heavy (non-hydrogen) atoms. The van der Waals surface area contributed by atoms with Gasteiger partial charge in [-0.05, 0) is 78.4 Å². The average Bonchev–Trinajstić information content (AvgIpc) is 2.72. The zero-order valence-electron chi connectivity index (χ0n) is 18.8. The fourth-order valence-corrected chi connectivity index (χ4v) is 5.27. The smallest absolute Gasteiger partial charge is 0.0162 e. The van der Waals surface area contributed by atoms with Crippen LogP contribution in [0, 0.1) is 23.7 Å². The number of hydrogen-bond donors (Lipinski definition) is 0. The van der Waals surface area contributed by atoms with E-state index in [1.807, 2.05) is 0 Å². The molecule has 1 aromatic carbocycles. The Morgan fingerprint density at radius 1 is 0.893 bits per heavy atom. The van der Waals surface area contributed by atoms with Gasteiger partial charge in [-0.1, -0.05) is 95.9 Å². The summed E-state index contributed by atoms with van der Waals surface area (Å²) >= 11 is 0. The summed E-state index contributed by atoms with van der Waals surface area (Å²) in [4.78, 5) is 0. The van der Waals surface area contributed by atoms with Crippen molar-refractivity contribution in [1.82, 2.24) is 0 Å². The van der Waals surface area contributed by atoms with Crippen LogP contribution in [-0.2, 0) is 0 Å². The number of allylic oxidation sites excluding steroid dienone is 4. The first-order valence-electron chi connectivity index (χ1n) is 12.1. The van der Waals surface area contributed by atoms with E-state index in [2.05, 4.69) is 70.2 Å². The summed E-state index contributed by atoms with van der Waals surface area (Å²) < 4.78 is 0. The summed E-state index contributed by atoms with van der Waals surface area (Å²) in [6, 6.07) is 9.54. The van der Waals surface area contributed by atoms with Crippen molar-refractivity contribution >= 4 is 5.57 Å². The van der Waals surface area contributed by atoms with Crippen molar-refractivity contribution in [2.45, 2.75) is 91.4 Å². The van der Waals surface area contributed by atoms with Crippen molar-refractivity contribution in [3.63, 3.8) is 0 Å². The Kier molecular flexibility index (Phi) is 8.00. The Labute approximate surface area is 174 Å². The number of hydrogen-bond acceptors (Lipinski definition) is 0. The molecule has 0 amide bonds. The molecule has 2 fully saturated rings. The van der Waals surface area contributed by atoms with E-state index in [9.17, 15) is 0 Å². The minimum absolute atomic E-state index is 0.691. The van der Waals surface area contributed by atoms with E-state index >= 15 is 0 Å². The predicted octanol–water partition coefficient (Wildman–Crippen LogP) is 8.79. The van der Waals surface area contributed by atoms with Gasteiger partial charge in [-0.25, -0.2) is 0 Å². The first-order chi connectivity index (χ1) is 13.6. The van der Waals surface area contributed by atoms with Crippen molar-refractivity contribution in [3.8, 4) is 0 Å². The van der Waals surface area contributed by atoms with Gasteiger partial charge in [0.25, 0.3) is 0 Å². The zero-order valence-corrected chi connectivity index (χ0v) is 18.8. The molecule has 0 aliphatic heterocycles. The Bertz CT molecular complexity index is 631. The Morgan fingerprint density at radius 3 is 2.04 bits per heavy atom. The topological polar surface area (TPSA) is 0 Å². The molecule has 0 radical (unpaired) electrons. The fraction of sp³-hybridized carbons (Fsp3) is 0.643. The highest BCUT2D eigenvalue weighted by molar-refractivity contribution is 5.74. The quantitative estimate of drug-likeness (QED) is 0.434. The normalized spacial score (nSPS) is 30.5. The molecule has 1 aromatic rings. The molecule has 2 saturated carbocycles. The highest BCUT2D eigenvalue weighted by atomic mass is 14.3. The number of benzene rings is 1. The van der Waals surface area contributed by atoms with Gasteiger partial charge in [0.15, 0.2) is 0 Å². The molecule has 0 N–H and O–H groups in total. The molecule has 0 heteroatoms. The molecular weight excluding hydrogens is 336 g/mol. The molecule has 0 nitrogen and oxygen atoms in total. The van der Waals surface area contributed by atoms with Crippen LogP contribution in [0.1, 0.15) is 103 Å². The van der Waals surface area contributed by atoms with E-state index in [0.717, 1.165) is 30.1 Å². The molecule has 2 aliphatic carbocycles. The van der Waals surface area contributed by atoms with Crippen LogP contribution in [0.5, 0.6) is 0 Å². The van der Waals surface area contributed by atoms with E-state index < -0.39 is 0 Å². The van der Waals surface area contributed by atoms with Crippen LogP contribution in [0.4, 0.5) is 0 Å². The van der Waals surface area contributed by atoms with Crippen LogP contribution in [-0.4, -0.2) is 0 Å². The maximum atomic E-state index is 2.48. The van der Waals surface area contributed by atoms with Crippen LogP contribution in [0.3, 0.4) is 0 Å². The van der Waals surface area contributed by atoms with E-state index in [1.54, 1.807) is 5.56 Å². The Hall–Kier alpha value is -1.30. The summed E-state index contributed by atoms with van der Waals surface area (Å²) in [7, 11) is 0. The molecule has 2 aliphatic rings. The maximum absolute atomic E-state index is 2.48. The molecule has 3 rings (SSSR count). The van der Waals surface area contributed by atoms with Gasteiger partial charge >= 0.3 is 0 Å². The highest BCUT2D eigenvalue weighted by Crippen LogP contribution is 2.36. The van der Waals surface area contributed by atoms with Crippen molar-refractivity contribution < 1.29 is 0 Å². The molecule has 0 saturated heterocycles. The summed E-state index contributed by atoms with van der Waals surface area (Å²) in [5.74, 6) is 4.22. The lowest BCUT2D eigenvalue weighted by Gasteiger charge is -2.29. The van der Waals surface area contributed by atoms with Crippen LogP contribution in [0.2, 0.25) is 0 Å². The van der Waals surface area contributed by atoms with Crippen molar-refractivity contribution in [2.75, 3.05) is 0 Å². The van der Waals surface area contributed by atoms with Gasteiger partial charge in [0.05, 0.1) is 0 Å². The molecule has 1 atom stereocenters. The van der Waals surface area contributed by atoms with Gasteiger partial charge in [0.2, 0.25) is 0 Å². The molecule has 0 aromatic heterocycles. The number of rotatable bonds is 6. The minimum atomic E-state index is 0.691. The lowest BCUT2D eigenvalue weighted by Crippen LogP contribution is -2.17.